The molecule has 1 aliphatic rings. The molecule has 0 atom stereocenters. The van der Waals surface area contributed by atoms with Crippen LogP contribution in [0.15, 0.2) is 34.5 Å². The fourth-order valence-corrected chi connectivity index (χ4v) is 5.81. The molecule has 29 heavy (non-hydrogen) atoms. The summed E-state index contributed by atoms with van der Waals surface area (Å²) < 4.78 is 67.0. The fraction of sp³-hybridized carbons (Fsp3) is 0.389. The molecule has 1 aromatic carbocycles. The van der Waals surface area contributed by atoms with Crippen molar-refractivity contribution in [2.45, 2.75) is 36.9 Å². The van der Waals surface area contributed by atoms with Gasteiger partial charge in [-0.1, -0.05) is 6.07 Å². The topological polar surface area (TPSA) is 82.1 Å². The second kappa shape index (κ2) is 8.64. The van der Waals surface area contributed by atoms with Gasteiger partial charge in [0.1, 0.15) is 9.77 Å². The zero-order chi connectivity index (χ0) is 21.2. The Morgan fingerprint density at radius 2 is 1.97 bits per heavy atom. The van der Waals surface area contributed by atoms with Crippen molar-refractivity contribution in [1.29, 1.82) is 0 Å². The summed E-state index contributed by atoms with van der Waals surface area (Å²) in [5.74, 6) is -0.788. The highest BCUT2D eigenvalue weighted by atomic mass is 32.2. The Hall–Kier alpha value is -2.24. The molecule has 0 aliphatic heterocycles. The Morgan fingerprint density at radius 3 is 2.55 bits per heavy atom. The van der Waals surface area contributed by atoms with Crippen molar-refractivity contribution < 1.29 is 36.2 Å². The van der Waals surface area contributed by atoms with Gasteiger partial charge in [0, 0.05) is 12.6 Å². The molecule has 158 valence electrons. The number of esters is 1. The number of thiophene rings is 1. The number of nitrogens with zero attached hydrogens (tertiary/aromatic N) is 1. The SMILES string of the molecule is COC(=O)c1sccc1S(=O)(=O)N(Cc1ccc(OC(F)F)c(OC)c1)C1CC1. The Morgan fingerprint density at radius 1 is 1.24 bits per heavy atom. The van der Waals surface area contributed by atoms with Gasteiger partial charge in [-0.2, -0.15) is 13.1 Å². The lowest BCUT2D eigenvalue weighted by atomic mass is 10.2. The average molecular weight is 447 g/mol. The van der Waals surface area contributed by atoms with E-state index in [1.807, 2.05) is 0 Å². The van der Waals surface area contributed by atoms with Gasteiger partial charge >= 0.3 is 12.6 Å². The third-order valence-electron chi connectivity index (χ3n) is 4.32. The van der Waals surface area contributed by atoms with Crippen molar-refractivity contribution in [3.05, 3.63) is 40.1 Å². The van der Waals surface area contributed by atoms with Crippen LogP contribution in [0.2, 0.25) is 0 Å². The minimum Gasteiger partial charge on any atom is -0.493 e. The van der Waals surface area contributed by atoms with Gasteiger partial charge in [-0.05, 0) is 42.0 Å². The molecule has 0 unspecified atom stereocenters. The van der Waals surface area contributed by atoms with Crippen molar-refractivity contribution in [2.24, 2.45) is 0 Å². The molecule has 1 saturated carbocycles. The lowest BCUT2D eigenvalue weighted by molar-refractivity contribution is -0.0512. The number of hydrogen-bond acceptors (Lipinski definition) is 7. The first kappa shape index (κ1) is 21.5. The minimum absolute atomic E-state index is 0.00518. The molecular weight excluding hydrogens is 428 g/mol. The number of carbonyl (C=O) groups excluding carboxylic acids is 1. The molecule has 11 heteroatoms. The van der Waals surface area contributed by atoms with Gasteiger partial charge in [-0.15, -0.1) is 11.3 Å². The van der Waals surface area contributed by atoms with Crippen LogP contribution in [0, 0.1) is 0 Å². The number of alkyl halides is 2. The normalized spacial score (nSPS) is 14.3. The highest BCUT2D eigenvalue weighted by Gasteiger charge is 2.40. The lowest BCUT2D eigenvalue weighted by Gasteiger charge is -2.22. The molecule has 0 amide bonds. The monoisotopic (exact) mass is 447 g/mol. The molecule has 0 spiro atoms. The van der Waals surface area contributed by atoms with E-state index in [9.17, 15) is 22.0 Å². The van der Waals surface area contributed by atoms with Crippen molar-refractivity contribution >= 4 is 27.3 Å². The molecule has 1 fully saturated rings. The number of methoxy groups -OCH3 is 2. The van der Waals surface area contributed by atoms with Gasteiger partial charge in [0.15, 0.2) is 11.5 Å². The summed E-state index contributed by atoms with van der Waals surface area (Å²) in [6.07, 6.45) is 1.39. The van der Waals surface area contributed by atoms with E-state index in [1.54, 1.807) is 0 Å². The number of halogens is 2. The van der Waals surface area contributed by atoms with E-state index in [0.717, 1.165) is 11.3 Å². The largest absolute Gasteiger partial charge is 0.493 e. The molecule has 0 bridgehead atoms. The molecule has 7 nitrogen and oxygen atoms in total. The lowest BCUT2D eigenvalue weighted by Crippen LogP contribution is -2.33. The Kier molecular flexibility index (Phi) is 6.39. The van der Waals surface area contributed by atoms with E-state index in [0.29, 0.717) is 18.4 Å². The maximum absolute atomic E-state index is 13.3. The number of ether oxygens (including phenoxy) is 3. The summed E-state index contributed by atoms with van der Waals surface area (Å²) in [5.41, 5.74) is 0.536. The van der Waals surface area contributed by atoms with Gasteiger partial charge in [-0.3, -0.25) is 0 Å². The predicted molar refractivity (Wildman–Crippen MR) is 101 cm³/mol. The standard InChI is InChI=1S/C18H19F2NO6S2/c1-25-14-9-11(3-6-13(14)27-18(19)20)10-21(12-4-5-12)29(23,24)15-7-8-28-16(15)17(22)26-2/h3,6-9,12,18H,4-5,10H2,1-2H3. The maximum atomic E-state index is 13.3. The fourth-order valence-electron chi connectivity index (χ4n) is 2.82. The molecule has 0 radical (unpaired) electrons. The summed E-state index contributed by atoms with van der Waals surface area (Å²) in [6, 6.07) is 5.44. The van der Waals surface area contributed by atoms with Crippen molar-refractivity contribution in [3.63, 3.8) is 0 Å². The molecule has 1 aliphatic carbocycles. The van der Waals surface area contributed by atoms with E-state index in [2.05, 4.69) is 9.47 Å². The van der Waals surface area contributed by atoms with Crippen LogP contribution in [0.25, 0.3) is 0 Å². The highest BCUT2D eigenvalue weighted by molar-refractivity contribution is 7.89. The third kappa shape index (κ3) is 4.68. The molecule has 3 rings (SSSR count). The summed E-state index contributed by atoms with van der Waals surface area (Å²) in [4.78, 5) is 11.8. The van der Waals surface area contributed by atoms with Crippen LogP contribution >= 0.6 is 11.3 Å². The predicted octanol–water partition coefficient (Wildman–Crippen LogP) is 3.50. The summed E-state index contributed by atoms with van der Waals surface area (Å²) >= 11 is 0.991. The van der Waals surface area contributed by atoms with Crippen LogP contribution in [-0.2, 0) is 21.3 Å². The Bertz CT molecular complexity index is 988. The Balaban J connectivity index is 1.92. The minimum atomic E-state index is -3.98. The molecule has 0 N–H and O–H groups in total. The van der Waals surface area contributed by atoms with E-state index in [-0.39, 0.29) is 33.9 Å². The van der Waals surface area contributed by atoms with Crippen LogP contribution in [0.1, 0.15) is 28.1 Å². The average Bonchev–Trinajstić information content (AvgIpc) is 3.39. The summed E-state index contributed by atoms with van der Waals surface area (Å²) in [5, 5.41) is 1.52. The number of sulfonamides is 1. The smallest absolute Gasteiger partial charge is 0.387 e. The van der Waals surface area contributed by atoms with Crippen LogP contribution < -0.4 is 9.47 Å². The van der Waals surface area contributed by atoms with Gasteiger partial charge in [-0.25, -0.2) is 13.2 Å². The van der Waals surface area contributed by atoms with Crippen LogP contribution in [-0.4, -0.2) is 45.6 Å². The second-order valence-corrected chi connectivity index (χ2v) is 9.03. The van der Waals surface area contributed by atoms with E-state index >= 15 is 0 Å². The van der Waals surface area contributed by atoms with Gasteiger partial charge in [0.2, 0.25) is 10.0 Å². The van der Waals surface area contributed by atoms with Gasteiger partial charge in [0.25, 0.3) is 0 Å². The Labute approximate surface area is 170 Å². The molecule has 1 heterocycles. The number of carbonyl (C=O) groups is 1. The van der Waals surface area contributed by atoms with Crippen molar-refractivity contribution in [2.75, 3.05) is 14.2 Å². The van der Waals surface area contributed by atoms with Gasteiger partial charge in [0.05, 0.1) is 14.2 Å². The highest BCUT2D eigenvalue weighted by Crippen LogP contribution is 2.37. The van der Waals surface area contributed by atoms with Crippen LogP contribution in [0.4, 0.5) is 8.78 Å². The molecular formula is C18H19F2NO6S2. The van der Waals surface area contributed by atoms with Crippen LogP contribution in [0.5, 0.6) is 11.5 Å². The van der Waals surface area contributed by atoms with Crippen LogP contribution in [0.3, 0.4) is 0 Å². The maximum Gasteiger partial charge on any atom is 0.387 e. The number of benzene rings is 1. The van der Waals surface area contributed by atoms with E-state index < -0.39 is 22.6 Å². The zero-order valence-electron chi connectivity index (χ0n) is 15.6. The quantitative estimate of drug-likeness (QED) is 0.548. The first-order valence-corrected chi connectivity index (χ1v) is 10.9. The van der Waals surface area contributed by atoms with Crippen molar-refractivity contribution in [3.8, 4) is 11.5 Å². The first-order chi connectivity index (χ1) is 13.8. The van der Waals surface area contributed by atoms with E-state index in [4.69, 9.17) is 4.74 Å². The van der Waals surface area contributed by atoms with Gasteiger partial charge < -0.3 is 14.2 Å². The zero-order valence-corrected chi connectivity index (χ0v) is 17.3. The van der Waals surface area contributed by atoms with E-state index in [1.165, 1.54) is 48.2 Å². The molecule has 1 aromatic heterocycles. The molecule has 2 aromatic rings. The second-order valence-electron chi connectivity index (χ2n) is 6.25. The first-order valence-electron chi connectivity index (χ1n) is 8.57. The number of hydrogen-bond donors (Lipinski definition) is 0. The summed E-state index contributed by atoms with van der Waals surface area (Å²) in [6.45, 7) is -3.01. The number of rotatable bonds is 9. The van der Waals surface area contributed by atoms with Crippen molar-refractivity contribution in [1.82, 2.24) is 4.31 Å². The summed E-state index contributed by atoms with van der Waals surface area (Å²) in [7, 11) is -1.48. The third-order valence-corrected chi connectivity index (χ3v) is 7.29. The molecule has 0 saturated heterocycles.